The fraction of sp³-hybridized carbons (Fsp3) is 0. The van der Waals surface area contributed by atoms with E-state index in [1.165, 1.54) is 0 Å². The summed E-state index contributed by atoms with van der Waals surface area (Å²) in [7, 11) is 2.32. The van der Waals surface area contributed by atoms with Gasteiger partial charge in [-0.05, 0) is 10.4 Å². The number of aromatic nitrogens is 4. The van der Waals surface area contributed by atoms with Crippen molar-refractivity contribution in [2.75, 3.05) is 0 Å². The van der Waals surface area contributed by atoms with Gasteiger partial charge < -0.3 is 0 Å². The van der Waals surface area contributed by atoms with Gasteiger partial charge in [0.05, 0.1) is 0 Å². The molecule has 4 nitrogen and oxygen atoms in total. The van der Waals surface area contributed by atoms with Gasteiger partial charge in [0, 0.05) is 0 Å². The van der Waals surface area contributed by atoms with E-state index in [-0.39, 0.29) is 0 Å². The summed E-state index contributed by atoms with van der Waals surface area (Å²) in [5.41, 5.74) is 0.662. The van der Waals surface area contributed by atoms with E-state index in [9.17, 15) is 0 Å². The van der Waals surface area contributed by atoms with Crippen LogP contribution in [0.5, 0.6) is 0 Å². The minimum atomic E-state index is 0.662. The molecule has 0 saturated heterocycles. The van der Waals surface area contributed by atoms with Gasteiger partial charge in [0.2, 0.25) is 0 Å². The maximum atomic E-state index is 3.46. The van der Waals surface area contributed by atoms with Crippen LogP contribution in [0.15, 0.2) is 0 Å². The molecule has 0 aliphatic heterocycles. The monoisotopic (exact) mass is 102 g/mol. The Balaban J connectivity index is 3.05. The van der Waals surface area contributed by atoms with Gasteiger partial charge in [-0.15, -0.1) is 5.10 Å². The molecule has 0 aliphatic rings. The van der Waals surface area contributed by atoms with E-state index in [1.54, 1.807) is 0 Å². The van der Waals surface area contributed by atoms with Crippen molar-refractivity contribution in [2.45, 2.75) is 0 Å². The van der Waals surface area contributed by atoms with Gasteiger partial charge in [-0.25, -0.2) is 5.10 Å². The summed E-state index contributed by atoms with van der Waals surface area (Å²) in [4.78, 5) is 0. The van der Waals surface area contributed by atoms with Crippen LogP contribution in [0.2, 0.25) is 0 Å². The maximum absolute atomic E-state index is 3.46. The molecule has 0 spiro atoms. The third-order valence-electron chi connectivity index (χ3n) is 0.362. The molecular formula is CH3N4P. The van der Waals surface area contributed by atoms with Crippen molar-refractivity contribution in [3.63, 3.8) is 0 Å². The Morgan fingerprint density at radius 3 is 2.67 bits per heavy atom. The number of rotatable bonds is 0. The van der Waals surface area contributed by atoms with Crippen LogP contribution in [0.1, 0.15) is 0 Å². The van der Waals surface area contributed by atoms with Gasteiger partial charge in [0.25, 0.3) is 0 Å². The number of tetrazole rings is 1. The summed E-state index contributed by atoms with van der Waals surface area (Å²) >= 11 is 0. The molecule has 1 rings (SSSR count). The highest BCUT2D eigenvalue weighted by Gasteiger charge is 1.77. The number of H-pyrrole nitrogens is 1. The lowest BCUT2D eigenvalue weighted by Gasteiger charge is -1.62. The van der Waals surface area contributed by atoms with Gasteiger partial charge in [-0.2, -0.15) is 0 Å². The Bertz CT molecular complexity index is 111. The van der Waals surface area contributed by atoms with E-state index in [0.29, 0.717) is 5.57 Å². The number of nitrogens with one attached hydrogen (secondary N) is 1. The SMILES string of the molecule is Pc1nnn[nH]1. The third kappa shape index (κ3) is 0.518. The average Bonchev–Trinajstić information content (AvgIpc) is 1.86. The molecule has 1 aromatic heterocycles. The van der Waals surface area contributed by atoms with Crippen LogP contribution in [0.4, 0.5) is 0 Å². The van der Waals surface area contributed by atoms with Gasteiger partial charge in [0.15, 0.2) is 5.57 Å². The number of hydrogen-bond donors (Lipinski definition) is 1. The molecule has 1 unspecified atom stereocenters. The van der Waals surface area contributed by atoms with Crippen molar-refractivity contribution in [3.05, 3.63) is 0 Å². The summed E-state index contributed by atoms with van der Waals surface area (Å²) in [6.45, 7) is 0. The molecule has 0 saturated carbocycles. The molecular weight excluding hydrogens is 99.0 g/mol. The first-order valence-corrected chi connectivity index (χ1v) is 1.96. The highest BCUT2D eigenvalue weighted by molar-refractivity contribution is 7.26. The lowest BCUT2D eigenvalue weighted by molar-refractivity contribution is 0.881. The second kappa shape index (κ2) is 1.30. The van der Waals surface area contributed by atoms with Crippen molar-refractivity contribution < 1.29 is 0 Å². The lowest BCUT2D eigenvalue weighted by Crippen LogP contribution is -1.92. The number of aromatic amines is 1. The minimum Gasteiger partial charge on any atom is -0.240 e. The first-order valence-electron chi connectivity index (χ1n) is 1.39. The van der Waals surface area contributed by atoms with Crippen LogP contribution in [0.3, 0.4) is 0 Å². The first kappa shape index (κ1) is 3.68. The molecule has 5 heteroatoms. The molecule has 0 aromatic carbocycles. The summed E-state index contributed by atoms with van der Waals surface area (Å²) in [5, 5.41) is 12.5. The zero-order valence-electron chi connectivity index (χ0n) is 2.92. The molecule has 1 N–H and O–H groups in total. The van der Waals surface area contributed by atoms with Crippen LogP contribution in [-0.2, 0) is 0 Å². The van der Waals surface area contributed by atoms with Crippen molar-refractivity contribution in [1.82, 2.24) is 20.6 Å². The lowest BCUT2D eigenvalue weighted by atomic mass is 11.4. The minimum absolute atomic E-state index is 0.662. The van der Waals surface area contributed by atoms with Gasteiger partial charge in [0.1, 0.15) is 0 Å². The molecule has 0 fully saturated rings. The smallest absolute Gasteiger partial charge is 0.164 e. The number of nitrogens with zero attached hydrogens (tertiary/aromatic N) is 3. The fourth-order valence-electron chi connectivity index (χ4n) is 0.166. The molecule has 0 aliphatic carbocycles. The zero-order chi connectivity index (χ0) is 4.41. The Morgan fingerprint density at radius 1 is 1.67 bits per heavy atom. The molecule has 1 heterocycles. The zero-order valence-corrected chi connectivity index (χ0v) is 4.07. The van der Waals surface area contributed by atoms with Crippen molar-refractivity contribution in [2.24, 2.45) is 0 Å². The van der Waals surface area contributed by atoms with E-state index < -0.39 is 0 Å². The van der Waals surface area contributed by atoms with Crippen LogP contribution in [0.25, 0.3) is 0 Å². The molecule has 32 valence electrons. The van der Waals surface area contributed by atoms with E-state index in [2.05, 4.69) is 29.9 Å². The predicted molar refractivity (Wildman–Crippen MR) is 23.5 cm³/mol. The quantitative estimate of drug-likeness (QED) is 0.414. The molecule has 1 atom stereocenters. The Hall–Kier alpha value is -0.500. The van der Waals surface area contributed by atoms with E-state index >= 15 is 0 Å². The van der Waals surface area contributed by atoms with Gasteiger partial charge in [-0.3, -0.25) is 0 Å². The number of hydrogen-bond acceptors (Lipinski definition) is 3. The third-order valence-corrected chi connectivity index (χ3v) is 0.606. The van der Waals surface area contributed by atoms with E-state index in [1.807, 2.05) is 0 Å². The Labute approximate surface area is 36.5 Å². The predicted octanol–water partition coefficient (Wildman–Crippen LogP) is -1.30. The van der Waals surface area contributed by atoms with Gasteiger partial charge in [-0.1, -0.05) is 9.24 Å². The summed E-state index contributed by atoms with van der Waals surface area (Å²) in [6, 6.07) is 0. The summed E-state index contributed by atoms with van der Waals surface area (Å²) in [6.07, 6.45) is 0. The second-order valence-corrected chi connectivity index (χ2v) is 1.33. The molecule has 0 radical (unpaired) electrons. The highest BCUT2D eigenvalue weighted by Crippen LogP contribution is 1.66. The molecule has 0 bridgehead atoms. The highest BCUT2D eigenvalue weighted by atomic mass is 31.0. The van der Waals surface area contributed by atoms with Crippen molar-refractivity contribution in [3.8, 4) is 0 Å². The normalized spacial score (nSPS) is 8.83. The average molecular weight is 102 g/mol. The van der Waals surface area contributed by atoms with Crippen LogP contribution in [0, 0.1) is 0 Å². The first-order chi connectivity index (χ1) is 2.89. The summed E-state index contributed by atoms with van der Waals surface area (Å²) < 4.78 is 0. The summed E-state index contributed by atoms with van der Waals surface area (Å²) in [5.74, 6) is 0. The van der Waals surface area contributed by atoms with E-state index in [0.717, 1.165) is 0 Å². The van der Waals surface area contributed by atoms with Crippen LogP contribution < -0.4 is 5.57 Å². The second-order valence-electron chi connectivity index (χ2n) is 0.786. The van der Waals surface area contributed by atoms with E-state index in [4.69, 9.17) is 0 Å². The topological polar surface area (TPSA) is 54.5 Å². The van der Waals surface area contributed by atoms with Crippen LogP contribution in [-0.4, -0.2) is 20.6 Å². The fourth-order valence-corrected chi connectivity index (χ4v) is 0.276. The Morgan fingerprint density at radius 2 is 2.50 bits per heavy atom. The molecule has 1 aromatic rings. The van der Waals surface area contributed by atoms with Gasteiger partial charge >= 0.3 is 0 Å². The maximum Gasteiger partial charge on any atom is 0.164 e. The largest absolute Gasteiger partial charge is 0.240 e. The Kier molecular flexibility index (Phi) is 0.801. The van der Waals surface area contributed by atoms with Crippen molar-refractivity contribution >= 4 is 14.8 Å². The molecule has 6 heavy (non-hydrogen) atoms. The molecule has 0 amide bonds. The van der Waals surface area contributed by atoms with Crippen LogP contribution >= 0.6 is 9.24 Å². The standard InChI is InChI=1S/CH3N4P/c6-1-2-4-5-3-1/h6H2,(H,2,3,4,5). The van der Waals surface area contributed by atoms with Crippen molar-refractivity contribution in [1.29, 1.82) is 0 Å².